The van der Waals surface area contributed by atoms with Gasteiger partial charge in [0.15, 0.2) is 0 Å². The van der Waals surface area contributed by atoms with Gasteiger partial charge in [0, 0.05) is 0 Å². The fourth-order valence-corrected chi connectivity index (χ4v) is 2.17. The zero-order valence-electron chi connectivity index (χ0n) is 12.5. The number of carbonyl (C=O) groups is 1. The standard InChI is InChI=1S/C18H21NO2/c1-3-13(2)15-9-10-16(17(20)12-15)19-18(21)11-14-7-5-4-6-8-14/h4-10,12-13,20H,3,11H2,1-2H3,(H,19,21). The lowest BCUT2D eigenvalue weighted by atomic mass is 9.98. The second-order valence-electron chi connectivity index (χ2n) is 5.30. The lowest BCUT2D eigenvalue weighted by Gasteiger charge is -2.12. The van der Waals surface area contributed by atoms with Crippen LogP contribution in [0.15, 0.2) is 48.5 Å². The van der Waals surface area contributed by atoms with Crippen LogP contribution in [0.2, 0.25) is 0 Å². The van der Waals surface area contributed by atoms with Gasteiger partial charge in [-0.05, 0) is 35.6 Å². The number of phenols is 1. The summed E-state index contributed by atoms with van der Waals surface area (Å²) in [5.41, 5.74) is 2.49. The van der Waals surface area contributed by atoms with Crippen molar-refractivity contribution in [3.63, 3.8) is 0 Å². The molecule has 2 N–H and O–H groups in total. The summed E-state index contributed by atoms with van der Waals surface area (Å²) >= 11 is 0. The van der Waals surface area contributed by atoms with E-state index >= 15 is 0 Å². The van der Waals surface area contributed by atoms with Gasteiger partial charge in [-0.2, -0.15) is 0 Å². The minimum absolute atomic E-state index is 0.120. The van der Waals surface area contributed by atoms with E-state index < -0.39 is 0 Å². The zero-order chi connectivity index (χ0) is 15.2. The number of anilines is 1. The van der Waals surface area contributed by atoms with E-state index in [0.717, 1.165) is 17.5 Å². The molecule has 2 aromatic carbocycles. The summed E-state index contributed by atoms with van der Waals surface area (Å²) in [6, 6.07) is 15.0. The molecule has 0 saturated carbocycles. The second-order valence-corrected chi connectivity index (χ2v) is 5.30. The monoisotopic (exact) mass is 283 g/mol. The van der Waals surface area contributed by atoms with Crippen LogP contribution >= 0.6 is 0 Å². The normalized spacial score (nSPS) is 11.9. The SMILES string of the molecule is CCC(C)c1ccc(NC(=O)Cc2ccccc2)c(O)c1. The Hall–Kier alpha value is -2.29. The number of rotatable bonds is 5. The first-order chi connectivity index (χ1) is 10.1. The summed E-state index contributed by atoms with van der Waals surface area (Å²) in [5, 5.41) is 12.8. The first-order valence-electron chi connectivity index (χ1n) is 7.26. The molecule has 0 aliphatic heterocycles. The molecule has 1 atom stereocenters. The first-order valence-corrected chi connectivity index (χ1v) is 7.26. The maximum atomic E-state index is 12.0. The molecule has 0 radical (unpaired) electrons. The van der Waals surface area contributed by atoms with E-state index in [4.69, 9.17) is 0 Å². The summed E-state index contributed by atoms with van der Waals surface area (Å²) in [6.45, 7) is 4.22. The molecule has 2 rings (SSSR count). The van der Waals surface area contributed by atoms with Crippen LogP contribution in [0.3, 0.4) is 0 Å². The number of nitrogens with one attached hydrogen (secondary N) is 1. The summed E-state index contributed by atoms with van der Waals surface area (Å²) in [7, 11) is 0. The van der Waals surface area contributed by atoms with Crippen LogP contribution < -0.4 is 5.32 Å². The van der Waals surface area contributed by atoms with Gasteiger partial charge in [0.25, 0.3) is 0 Å². The van der Waals surface area contributed by atoms with Gasteiger partial charge in [0.05, 0.1) is 12.1 Å². The molecule has 0 fully saturated rings. The highest BCUT2D eigenvalue weighted by molar-refractivity contribution is 5.93. The average Bonchev–Trinajstić information content (AvgIpc) is 2.49. The van der Waals surface area contributed by atoms with Crippen molar-refractivity contribution < 1.29 is 9.90 Å². The Morgan fingerprint density at radius 3 is 2.52 bits per heavy atom. The molecule has 3 heteroatoms. The molecule has 0 heterocycles. The molecule has 0 aliphatic carbocycles. The molecule has 0 bridgehead atoms. The predicted octanol–water partition coefficient (Wildman–Crippen LogP) is 4.09. The third-order valence-corrected chi connectivity index (χ3v) is 3.68. The van der Waals surface area contributed by atoms with Crippen molar-refractivity contribution in [2.75, 3.05) is 5.32 Å². The van der Waals surface area contributed by atoms with Gasteiger partial charge >= 0.3 is 0 Å². The summed E-state index contributed by atoms with van der Waals surface area (Å²) in [4.78, 5) is 12.0. The lowest BCUT2D eigenvalue weighted by Crippen LogP contribution is -2.14. The van der Waals surface area contributed by atoms with Crippen LogP contribution in [-0.4, -0.2) is 11.0 Å². The first kappa shape index (κ1) is 15.1. The molecule has 0 spiro atoms. The van der Waals surface area contributed by atoms with Crippen LogP contribution in [0.5, 0.6) is 5.75 Å². The molecular weight excluding hydrogens is 262 g/mol. The zero-order valence-corrected chi connectivity index (χ0v) is 12.5. The van der Waals surface area contributed by atoms with E-state index in [1.165, 1.54) is 0 Å². The second kappa shape index (κ2) is 6.93. The highest BCUT2D eigenvalue weighted by Gasteiger charge is 2.10. The van der Waals surface area contributed by atoms with E-state index in [1.807, 2.05) is 36.4 Å². The van der Waals surface area contributed by atoms with Gasteiger partial charge in [0.2, 0.25) is 5.91 Å². The van der Waals surface area contributed by atoms with E-state index in [9.17, 15) is 9.90 Å². The van der Waals surface area contributed by atoms with Gasteiger partial charge in [-0.25, -0.2) is 0 Å². The van der Waals surface area contributed by atoms with Crippen molar-refractivity contribution in [3.8, 4) is 5.75 Å². The molecule has 110 valence electrons. The van der Waals surface area contributed by atoms with Crippen molar-refractivity contribution in [1.29, 1.82) is 0 Å². The Balaban J connectivity index is 2.04. The van der Waals surface area contributed by atoms with Gasteiger partial charge in [-0.15, -0.1) is 0 Å². The third-order valence-electron chi connectivity index (χ3n) is 3.68. The topological polar surface area (TPSA) is 49.3 Å². The molecule has 0 saturated heterocycles. The molecule has 21 heavy (non-hydrogen) atoms. The van der Waals surface area contributed by atoms with E-state index in [0.29, 0.717) is 18.0 Å². The fourth-order valence-electron chi connectivity index (χ4n) is 2.17. The molecule has 0 aliphatic rings. The number of carbonyl (C=O) groups excluding carboxylic acids is 1. The van der Waals surface area contributed by atoms with Crippen molar-refractivity contribution in [1.82, 2.24) is 0 Å². The number of hydrogen-bond donors (Lipinski definition) is 2. The summed E-state index contributed by atoms with van der Waals surface area (Å²) < 4.78 is 0. The predicted molar refractivity (Wildman–Crippen MR) is 85.6 cm³/mol. The van der Waals surface area contributed by atoms with E-state index in [1.54, 1.807) is 12.1 Å². The van der Waals surface area contributed by atoms with Gasteiger partial charge < -0.3 is 10.4 Å². The van der Waals surface area contributed by atoms with Gasteiger partial charge in [0.1, 0.15) is 5.75 Å². The number of hydrogen-bond acceptors (Lipinski definition) is 2. The number of aromatic hydroxyl groups is 1. The minimum atomic E-state index is -0.132. The highest BCUT2D eigenvalue weighted by Crippen LogP contribution is 2.29. The number of phenolic OH excluding ortho intramolecular Hbond substituents is 1. The Labute approximate surface area is 125 Å². The molecule has 3 nitrogen and oxygen atoms in total. The number of benzene rings is 2. The Morgan fingerprint density at radius 1 is 1.19 bits per heavy atom. The van der Waals surface area contributed by atoms with Crippen LogP contribution in [0, 0.1) is 0 Å². The van der Waals surface area contributed by atoms with E-state index in [2.05, 4.69) is 19.2 Å². The van der Waals surface area contributed by atoms with Gasteiger partial charge in [-0.3, -0.25) is 4.79 Å². The van der Waals surface area contributed by atoms with Gasteiger partial charge in [-0.1, -0.05) is 50.2 Å². The molecule has 0 aromatic heterocycles. The molecule has 1 amide bonds. The maximum absolute atomic E-state index is 12.0. The third kappa shape index (κ3) is 4.09. The van der Waals surface area contributed by atoms with Crippen LogP contribution in [0.25, 0.3) is 0 Å². The largest absolute Gasteiger partial charge is 0.506 e. The van der Waals surface area contributed by atoms with Crippen molar-refractivity contribution >= 4 is 11.6 Å². The fraction of sp³-hybridized carbons (Fsp3) is 0.278. The maximum Gasteiger partial charge on any atom is 0.228 e. The number of amides is 1. The Bertz CT molecular complexity index is 608. The highest BCUT2D eigenvalue weighted by atomic mass is 16.3. The summed E-state index contributed by atoms with van der Waals surface area (Å²) in [5.74, 6) is 0.381. The van der Waals surface area contributed by atoms with Crippen molar-refractivity contribution in [2.45, 2.75) is 32.6 Å². The Morgan fingerprint density at radius 2 is 1.90 bits per heavy atom. The van der Waals surface area contributed by atoms with Crippen LogP contribution in [-0.2, 0) is 11.2 Å². The summed E-state index contributed by atoms with van der Waals surface area (Å²) in [6.07, 6.45) is 1.31. The van der Waals surface area contributed by atoms with Crippen molar-refractivity contribution in [2.24, 2.45) is 0 Å². The Kier molecular flexibility index (Phi) is 4.99. The van der Waals surface area contributed by atoms with Crippen LogP contribution in [0.1, 0.15) is 37.3 Å². The van der Waals surface area contributed by atoms with Crippen molar-refractivity contribution in [3.05, 3.63) is 59.7 Å². The van der Waals surface area contributed by atoms with Crippen LogP contribution in [0.4, 0.5) is 5.69 Å². The smallest absolute Gasteiger partial charge is 0.228 e. The lowest BCUT2D eigenvalue weighted by molar-refractivity contribution is -0.115. The minimum Gasteiger partial charge on any atom is -0.506 e. The quantitative estimate of drug-likeness (QED) is 0.812. The molecule has 1 unspecified atom stereocenters. The molecular formula is C18H21NO2. The average molecular weight is 283 g/mol. The molecule has 2 aromatic rings. The van der Waals surface area contributed by atoms with E-state index in [-0.39, 0.29) is 11.7 Å².